The summed E-state index contributed by atoms with van der Waals surface area (Å²) >= 11 is 1.91. The van der Waals surface area contributed by atoms with E-state index >= 15 is 0 Å². The third kappa shape index (κ3) is 9.87. The Hall–Kier alpha value is -4.33. The summed E-state index contributed by atoms with van der Waals surface area (Å²) in [6, 6.07) is 9.57. The lowest BCUT2D eigenvalue weighted by molar-refractivity contribution is -0.137. The number of thiophene rings is 1. The van der Waals surface area contributed by atoms with Gasteiger partial charge in [-0.2, -0.15) is 13.2 Å². The number of aromatic carboxylic acids is 1. The van der Waals surface area contributed by atoms with Gasteiger partial charge in [-0.05, 0) is 69.0 Å². The van der Waals surface area contributed by atoms with Gasteiger partial charge in [0.1, 0.15) is 23.2 Å². The van der Waals surface area contributed by atoms with Crippen molar-refractivity contribution >= 4 is 45.8 Å². The van der Waals surface area contributed by atoms with Crippen LogP contribution in [0, 0.1) is 0 Å². The molecule has 260 valence electrons. The zero-order valence-corrected chi connectivity index (χ0v) is 28.3. The van der Waals surface area contributed by atoms with Gasteiger partial charge in [-0.15, -0.1) is 23.1 Å². The molecular formula is C36H35F3O8S2. The van der Waals surface area contributed by atoms with Crippen LogP contribution in [0.3, 0.4) is 0 Å². The number of alkyl halides is 3. The van der Waals surface area contributed by atoms with Gasteiger partial charge in [0.15, 0.2) is 11.2 Å². The fourth-order valence-electron chi connectivity index (χ4n) is 4.92. The van der Waals surface area contributed by atoms with E-state index in [1.54, 1.807) is 36.4 Å². The van der Waals surface area contributed by atoms with Gasteiger partial charge in [0.2, 0.25) is 5.76 Å². The van der Waals surface area contributed by atoms with Crippen molar-refractivity contribution in [3.05, 3.63) is 110 Å². The van der Waals surface area contributed by atoms with E-state index in [0.29, 0.717) is 42.1 Å². The van der Waals surface area contributed by atoms with Crippen molar-refractivity contribution in [2.24, 2.45) is 0 Å². The molecule has 0 aliphatic heterocycles. The molecule has 13 heteroatoms. The van der Waals surface area contributed by atoms with Gasteiger partial charge in [-0.3, -0.25) is 9.59 Å². The van der Waals surface area contributed by atoms with Gasteiger partial charge in [0.25, 0.3) is 0 Å². The molecule has 2 atom stereocenters. The summed E-state index contributed by atoms with van der Waals surface area (Å²) in [4.78, 5) is 36.1. The largest absolute Gasteiger partial charge is 0.507 e. The first kappa shape index (κ1) is 37.5. The maximum Gasteiger partial charge on any atom is 0.417 e. The number of carboxylic acid groups (broad SMARTS) is 1. The van der Waals surface area contributed by atoms with E-state index in [9.17, 15) is 42.9 Å². The first-order valence-corrected chi connectivity index (χ1v) is 17.2. The van der Waals surface area contributed by atoms with E-state index in [1.165, 1.54) is 19.1 Å². The molecule has 0 saturated carbocycles. The Morgan fingerprint density at radius 1 is 1.10 bits per heavy atom. The van der Waals surface area contributed by atoms with E-state index in [1.807, 2.05) is 13.0 Å². The number of aliphatic hydroxyl groups is 1. The molecular weight excluding hydrogens is 682 g/mol. The van der Waals surface area contributed by atoms with Crippen LogP contribution in [0.5, 0.6) is 11.5 Å². The van der Waals surface area contributed by atoms with Crippen LogP contribution in [0.1, 0.15) is 82.6 Å². The number of ether oxygens (including phenoxy) is 1. The second kappa shape index (κ2) is 16.9. The van der Waals surface area contributed by atoms with Crippen LogP contribution in [-0.2, 0) is 12.6 Å². The monoisotopic (exact) mass is 716 g/mol. The number of fused-ring (bicyclic) bond motifs is 1. The smallest absolute Gasteiger partial charge is 0.417 e. The molecule has 4 aromatic rings. The van der Waals surface area contributed by atoms with Crippen molar-refractivity contribution in [3.63, 3.8) is 0 Å². The molecule has 0 aliphatic rings. The first-order chi connectivity index (χ1) is 23.3. The van der Waals surface area contributed by atoms with Crippen LogP contribution in [0.2, 0.25) is 0 Å². The van der Waals surface area contributed by atoms with Crippen LogP contribution in [0.25, 0.3) is 11.0 Å². The van der Waals surface area contributed by atoms with Crippen LogP contribution in [-0.4, -0.2) is 38.9 Å². The molecule has 0 spiro atoms. The highest BCUT2D eigenvalue weighted by molar-refractivity contribution is 8.00. The SMILES string of the molecule is CCCc1c(OCCCC/C=C\C=C\C(Sc2ccc3c(=O)cc(C(=O)O)oc3c2)C(O)c2cc(C(F)(F)F)cs2)ccc(C(C)=O)c1O. The number of ketones is 1. The van der Waals surface area contributed by atoms with E-state index in [4.69, 9.17) is 9.15 Å². The van der Waals surface area contributed by atoms with Crippen molar-refractivity contribution in [2.45, 2.75) is 68.4 Å². The van der Waals surface area contributed by atoms with Crippen molar-refractivity contribution in [2.75, 3.05) is 6.61 Å². The zero-order valence-electron chi connectivity index (χ0n) is 26.7. The number of benzene rings is 2. The quantitative estimate of drug-likeness (QED) is 0.0450. The highest BCUT2D eigenvalue weighted by Crippen LogP contribution is 2.40. The van der Waals surface area contributed by atoms with Gasteiger partial charge < -0.3 is 24.5 Å². The number of thioether (sulfide) groups is 1. The van der Waals surface area contributed by atoms with Gasteiger partial charge in [-0.1, -0.05) is 37.6 Å². The number of allylic oxidation sites excluding steroid dienone is 3. The van der Waals surface area contributed by atoms with E-state index in [2.05, 4.69) is 0 Å². The van der Waals surface area contributed by atoms with Crippen LogP contribution < -0.4 is 10.2 Å². The summed E-state index contributed by atoms with van der Waals surface area (Å²) in [5.74, 6) is -1.65. The number of rotatable bonds is 16. The number of unbranched alkanes of at least 4 members (excludes halogenated alkanes) is 2. The van der Waals surface area contributed by atoms with Crippen molar-refractivity contribution in [1.29, 1.82) is 0 Å². The Balaban J connectivity index is 1.42. The average molecular weight is 717 g/mol. The predicted molar refractivity (Wildman–Crippen MR) is 183 cm³/mol. The summed E-state index contributed by atoms with van der Waals surface area (Å²) in [6.07, 6.45) is 4.69. The summed E-state index contributed by atoms with van der Waals surface area (Å²) in [7, 11) is 0. The third-order valence-electron chi connectivity index (χ3n) is 7.42. The normalized spacial score (nSPS) is 13.3. The molecule has 2 aromatic carbocycles. The third-order valence-corrected chi connectivity index (χ3v) is 9.64. The standard InChI is InChI=1S/C36H35F3O8S2/c1-3-10-26-28(15-14-24(21(2)40)33(26)42)46-16-9-7-5-4-6-8-11-31(34(43)32-17-22(20-48-32)36(37,38)39)49-23-12-13-25-27(41)19-30(35(44)45)47-29(25)18-23/h4,6,8,11-15,17-20,31,34,42-43H,3,5,7,9-10,16H2,1-2H3,(H,44,45)/b6-4-,11-8+. The summed E-state index contributed by atoms with van der Waals surface area (Å²) in [5, 5.41) is 31.3. The van der Waals surface area contributed by atoms with Crippen molar-refractivity contribution in [3.8, 4) is 11.5 Å². The van der Waals surface area contributed by atoms with Crippen LogP contribution in [0.15, 0.2) is 86.3 Å². The molecule has 2 aromatic heterocycles. The first-order valence-electron chi connectivity index (χ1n) is 15.4. The zero-order chi connectivity index (χ0) is 35.7. The number of Topliss-reactive ketones (excluding diaryl/α,β-unsaturated/α-hetero) is 1. The number of hydrogen-bond acceptors (Lipinski definition) is 9. The number of halogens is 3. The molecule has 8 nitrogen and oxygen atoms in total. The number of carboxylic acids is 1. The molecule has 0 aliphatic carbocycles. The molecule has 49 heavy (non-hydrogen) atoms. The average Bonchev–Trinajstić information content (AvgIpc) is 3.56. The van der Waals surface area contributed by atoms with E-state index in [-0.39, 0.29) is 32.9 Å². The van der Waals surface area contributed by atoms with Gasteiger partial charge >= 0.3 is 12.1 Å². The summed E-state index contributed by atoms with van der Waals surface area (Å²) < 4.78 is 51.1. The predicted octanol–water partition coefficient (Wildman–Crippen LogP) is 8.99. The molecule has 2 heterocycles. The second-order valence-electron chi connectivity index (χ2n) is 11.1. The lowest BCUT2D eigenvalue weighted by atomic mass is 10.0. The topological polar surface area (TPSA) is 134 Å². The number of carbonyl (C=O) groups excluding carboxylic acids is 1. The number of aliphatic hydroxyl groups excluding tert-OH is 1. The molecule has 0 bridgehead atoms. The highest BCUT2D eigenvalue weighted by atomic mass is 32.2. The molecule has 0 amide bonds. The van der Waals surface area contributed by atoms with Crippen molar-refractivity contribution in [1.82, 2.24) is 0 Å². The number of phenolic OH excluding ortho intramolecular Hbond substituents is 1. The lowest BCUT2D eigenvalue weighted by Crippen LogP contribution is -2.12. The number of hydrogen-bond donors (Lipinski definition) is 3. The fraction of sp³-hybridized carbons (Fsp3) is 0.306. The Morgan fingerprint density at radius 2 is 1.88 bits per heavy atom. The maximum absolute atomic E-state index is 13.3. The van der Waals surface area contributed by atoms with Gasteiger partial charge in [0, 0.05) is 26.8 Å². The molecule has 3 N–H and O–H groups in total. The molecule has 4 rings (SSSR count). The lowest BCUT2D eigenvalue weighted by Gasteiger charge is -2.18. The number of carbonyl (C=O) groups is 2. The maximum atomic E-state index is 13.3. The number of phenols is 1. The van der Waals surface area contributed by atoms with E-state index in [0.717, 1.165) is 53.5 Å². The minimum atomic E-state index is -4.56. The Morgan fingerprint density at radius 3 is 2.55 bits per heavy atom. The molecule has 2 unspecified atom stereocenters. The van der Waals surface area contributed by atoms with Crippen LogP contribution >= 0.6 is 23.1 Å². The minimum absolute atomic E-state index is 0.0259. The minimum Gasteiger partial charge on any atom is -0.507 e. The number of aromatic hydroxyl groups is 1. The molecule has 0 radical (unpaired) electrons. The van der Waals surface area contributed by atoms with Gasteiger partial charge in [0.05, 0.1) is 28.4 Å². The van der Waals surface area contributed by atoms with Crippen molar-refractivity contribution < 1.29 is 47.2 Å². The second-order valence-corrected chi connectivity index (χ2v) is 13.3. The molecule has 0 saturated heterocycles. The Labute approximate surface area is 288 Å². The highest BCUT2D eigenvalue weighted by Gasteiger charge is 2.33. The van der Waals surface area contributed by atoms with Gasteiger partial charge in [-0.25, -0.2) is 4.79 Å². The fourth-order valence-corrected chi connectivity index (χ4v) is 7.03. The van der Waals surface area contributed by atoms with Crippen LogP contribution in [0.4, 0.5) is 13.2 Å². The van der Waals surface area contributed by atoms with E-state index < -0.39 is 40.3 Å². The Kier molecular flexibility index (Phi) is 12.9. The molecule has 0 fully saturated rings. The summed E-state index contributed by atoms with van der Waals surface area (Å²) in [6.45, 7) is 3.78. The summed E-state index contributed by atoms with van der Waals surface area (Å²) in [5.41, 5.74) is -0.486. The Bertz CT molecular complexity index is 1910.